The number of halogens is 1. The molecule has 1 aliphatic rings. The van der Waals surface area contributed by atoms with Crippen molar-refractivity contribution in [2.45, 2.75) is 13.0 Å². The average molecular weight is 436 g/mol. The Labute approximate surface area is 161 Å². The molecule has 0 spiro atoms. The number of nitrogens with zero attached hydrogens (tertiary/aromatic N) is 1. The first-order chi connectivity index (χ1) is 12.4. The molecule has 1 amide bonds. The highest BCUT2D eigenvalue weighted by atomic mass is 79.9. The molecule has 5 nitrogen and oxygen atoms in total. The van der Waals surface area contributed by atoms with Crippen molar-refractivity contribution in [2.24, 2.45) is 0 Å². The van der Waals surface area contributed by atoms with E-state index in [4.69, 9.17) is 4.74 Å². The van der Waals surface area contributed by atoms with Crippen LogP contribution in [0.2, 0.25) is 0 Å². The number of hydrogen-bond acceptors (Lipinski definition) is 4. The van der Waals surface area contributed by atoms with Crippen molar-refractivity contribution in [1.29, 1.82) is 0 Å². The van der Waals surface area contributed by atoms with Crippen LogP contribution in [0.15, 0.2) is 64.5 Å². The lowest BCUT2D eigenvalue weighted by Crippen LogP contribution is -2.41. The Hall–Kier alpha value is -2.12. The highest BCUT2D eigenvalue weighted by Crippen LogP contribution is 2.27. The molecule has 1 heterocycles. The van der Waals surface area contributed by atoms with Crippen LogP contribution in [-0.4, -0.2) is 32.7 Å². The Bertz CT molecular complexity index is 921. The molecule has 0 saturated heterocycles. The summed E-state index contributed by atoms with van der Waals surface area (Å²) in [5.74, 6) is 0.302. The van der Waals surface area contributed by atoms with Crippen LogP contribution >= 0.6 is 15.9 Å². The van der Waals surface area contributed by atoms with Gasteiger partial charge in [0.15, 0.2) is 9.84 Å². The summed E-state index contributed by atoms with van der Waals surface area (Å²) in [6.07, 6.45) is 1.56. The van der Waals surface area contributed by atoms with Gasteiger partial charge in [-0.3, -0.25) is 4.79 Å². The number of rotatable bonds is 5. The molecule has 26 heavy (non-hydrogen) atoms. The van der Waals surface area contributed by atoms with Crippen LogP contribution in [0.1, 0.15) is 17.3 Å². The topological polar surface area (TPSA) is 63.7 Å². The molecule has 0 unspecified atom stereocenters. The van der Waals surface area contributed by atoms with Gasteiger partial charge >= 0.3 is 0 Å². The molecule has 0 radical (unpaired) electrons. The standard InChI is InChI=1S/C19H18BrNO4S/c1-2-25-18-9-3-14(4-10-18)19(22)21(16-7-5-15(20)6-8-16)17-11-12-26(23,24)13-17/h3-12,17H,2,13H2,1H3/t17-/m0/s1. The number of hydrogen-bond donors (Lipinski definition) is 0. The summed E-state index contributed by atoms with van der Waals surface area (Å²) in [7, 11) is -3.29. The molecule has 0 aromatic heterocycles. The van der Waals surface area contributed by atoms with Gasteiger partial charge in [-0.2, -0.15) is 0 Å². The zero-order valence-corrected chi connectivity index (χ0v) is 16.5. The number of sulfone groups is 1. The molecule has 7 heteroatoms. The van der Waals surface area contributed by atoms with E-state index in [1.807, 2.05) is 19.1 Å². The normalized spacial score (nSPS) is 17.8. The predicted octanol–water partition coefficient (Wildman–Crippen LogP) is 3.81. The van der Waals surface area contributed by atoms with Gasteiger partial charge in [0.1, 0.15) is 5.75 Å². The molecule has 0 aliphatic carbocycles. The molecule has 2 aromatic carbocycles. The van der Waals surface area contributed by atoms with Gasteiger partial charge in [0, 0.05) is 21.1 Å². The van der Waals surface area contributed by atoms with E-state index < -0.39 is 15.9 Å². The van der Waals surface area contributed by atoms with E-state index in [-0.39, 0.29) is 11.7 Å². The van der Waals surface area contributed by atoms with E-state index in [1.165, 1.54) is 10.3 Å². The molecule has 0 N–H and O–H groups in total. The maximum absolute atomic E-state index is 13.1. The van der Waals surface area contributed by atoms with Gasteiger partial charge in [-0.15, -0.1) is 0 Å². The number of benzene rings is 2. The first-order valence-electron chi connectivity index (χ1n) is 8.12. The number of ether oxygens (including phenoxy) is 1. The Balaban J connectivity index is 1.95. The number of carbonyl (C=O) groups excluding carboxylic acids is 1. The predicted molar refractivity (Wildman–Crippen MR) is 105 cm³/mol. The van der Waals surface area contributed by atoms with Crippen molar-refractivity contribution < 1.29 is 17.9 Å². The fraction of sp³-hybridized carbons (Fsp3) is 0.211. The average Bonchev–Trinajstić information content (AvgIpc) is 2.97. The Morgan fingerprint density at radius 2 is 1.81 bits per heavy atom. The number of amides is 1. The van der Waals surface area contributed by atoms with Crippen LogP contribution in [0.4, 0.5) is 5.69 Å². The van der Waals surface area contributed by atoms with E-state index in [9.17, 15) is 13.2 Å². The van der Waals surface area contributed by atoms with Gasteiger partial charge in [0.2, 0.25) is 0 Å². The Morgan fingerprint density at radius 3 is 2.35 bits per heavy atom. The third-order valence-electron chi connectivity index (χ3n) is 3.98. The smallest absolute Gasteiger partial charge is 0.258 e. The van der Waals surface area contributed by atoms with Gasteiger partial charge in [-0.25, -0.2) is 8.42 Å². The van der Waals surface area contributed by atoms with Crippen molar-refractivity contribution in [3.63, 3.8) is 0 Å². The summed E-state index contributed by atoms with van der Waals surface area (Å²) < 4.78 is 30.0. The molecule has 1 aliphatic heterocycles. The van der Waals surface area contributed by atoms with Gasteiger partial charge in [0.25, 0.3) is 5.91 Å². The summed E-state index contributed by atoms with van der Waals surface area (Å²) in [6, 6.07) is 13.5. The molecule has 1 atom stereocenters. The lowest BCUT2D eigenvalue weighted by Gasteiger charge is -2.28. The molecule has 2 aromatic rings. The highest BCUT2D eigenvalue weighted by molar-refractivity contribution is 9.10. The molecular weight excluding hydrogens is 418 g/mol. The summed E-state index contributed by atoms with van der Waals surface area (Å²) in [6.45, 7) is 2.43. The van der Waals surface area contributed by atoms with Crippen LogP contribution < -0.4 is 9.64 Å². The Kier molecular flexibility index (Phi) is 5.48. The summed E-state index contributed by atoms with van der Waals surface area (Å²) >= 11 is 3.37. The third kappa shape index (κ3) is 4.16. The second kappa shape index (κ2) is 7.63. The highest BCUT2D eigenvalue weighted by Gasteiger charge is 2.32. The quantitative estimate of drug-likeness (QED) is 0.715. The van der Waals surface area contributed by atoms with Crippen molar-refractivity contribution in [2.75, 3.05) is 17.3 Å². The minimum absolute atomic E-state index is 0.119. The SMILES string of the molecule is CCOc1ccc(C(=O)N(c2ccc(Br)cc2)[C@H]2C=CS(=O)(=O)C2)cc1. The van der Waals surface area contributed by atoms with Crippen LogP contribution in [0.25, 0.3) is 0 Å². The fourth-order valence-corrected chi connectivity index (χ4v) is 4.31. The van der Waals surface area contributed by atoms with Gasteiger partial charge in [-0.05, 0) is 61.5 Å². The van der Waals surface area contributed by atoms with Crippen LogP contribution in [-0.2, 0) is 9.84 Å². The number of carbonyl (C=O) groups is 1. The van der Waals surface area contributed by atoms with E-state index >= 15 is 0 Å². The fourth-order valence-electron chi connectivity index (χ4n) is 2.78. The second-order valence-corrected chi connectivity index (χ2v) is 8.68. The summed E-state index contributed by atoms with van der Waals surface area (Å²) in [5.41, 5.74) is 1.10. The monoisotopic (exact) mass is 435 g/mol. The molecule has 0 bridgehead atoms. The van der Waals surface area contributed by atoms with Crippen LogP contribution in [0.5, 0.6) is 5.75 Å². The zero-order chi connectivity index (χ0) is 18.7. The van der Waals surface area contributed by atoms with E-state index in [0.717, 1.165) is 4.47 Å². The molecular formula is C19H18BrNO4S. The first-order valence-corrected chi connectivity index (χ1v) is 10.6. The maximum Gasteiger partial charge on any atom is 0.258 e. The third-order valence-corrected chi connectivity index (χ3v) is 5.89. The zero-order valence-electron chi connectivity index (χ0n) is 14.1. The van der Waals surface area contributed by atoms with Crippen LogP contribution in [0, 0.1) is 0 Å². The summed E-state index contributed by atoms with van der Waals surface area (Å²) in [4.78, 5) is 14.7. The van der Waals surface area contributed by atoms with E-state index in [1.54, 1.807) is 42.5 Å². The lowest BCUT2D eigenvalue weighted by molar-refractivity contribution is 0.0983. The van der Waals surface area contributed by atoms with E-state index in [2.05, 4.69) is 15.9 Å². The van der Waals surface area contributed by atoms with E-state index in [0.29, 0.717) is 23.6 Å². The second-order valence-electron chi connectivity index (χ2n) is 5.83. The van der Waals surface area contributed by atoms with Crippen molar-refractivity contribution in [3.8, 4) is 5.75 Å². The molecule has 3 rings (SSSR count). The van der Waals surface area contributed by atoms with Gasteiger partial charge < -0.3 is 9.64 Å². The van der Waals surface area contributed by atoms with Crippen molar-refractivity contribution in [1.82, 2.24) is 0 Å². The largest absolute Gasteiger partial charge is 0.494 e. The van der Waals surface area contributed by atoms with Crippen molar-refractivity contribution in [3.05, 3.63) is 70.1 Å². The maximum atomic E-state index is 13.1. The minimum atomic E-state index is -3.29. The van der Waals surface area contributed by atoms with Crippen molar-refractivity contribution >= 4 is 37.4 Å². The van der Waals surface area contributed by atoms with Gasteiger partial charge in [0.05, 0.1) is 18.4 Å². The minimum Gasteiger partial charge on any atom is -0.494 e. The number of anilines is 1. The molecule has 136 valence electrons. The molecule has 0 fully saturated rings. The first kappa shape index (κ1) is 18.7. The van der Waals surface area contributed by atoms with Crippen LogP contribution in [0.3, 0.4) is 0 Å². The van der Waals surface area contributed by atoms with Gasteiger partial charge in [-0.1, -0.05) is 15.9 Å². The lowest BCUT2D eigenvalue weighted by atomic mass is 10.1. The molecule has 0 saturated carbocycles. The summed E-state index contributed by atoms with van der Waals surface area (Å²) in [5, 5.41) is 1.18. The Morgan fingerprint density at radius 1 is 1.15 bits per heavy atom.